The molecule has 0 bridgehead atoms. The molecule has 0 unspecified atom stereocenters. The number of hydrogen-bond donors (Lipinski definition) is 6. The fraction of sp³-hybridized carbons (Fsp3) is 0.558. The van der Waals surface area contributed by atoms with Crippen LogP contribution in [0.25, 0.3) is 21.8 Å². The summed E-state index contributed by atoms with van der Waals surface area (Å²) in [6.07, 6.45) is 18.8. The molecule has 0 spiro atoms. The summed E-state index contributed by atoms with van der Waals surface area (Å²) in [7, 11) is -1.53. The van der Waals surface area contributed by atoms with Gasteiger partial charge in [0.1, 0.15) is 65.7 Å². The maximum Gasteiger partial charge on any atom is 1.00 e. The number of hydrogen-bond acceptors (Lipinski definition) is 25. The van der Waals surface area contributed by atoms with Gasteiger partial charge >= 0.3 is 29.6 Å². The molecule has 2 saturated heterocycles. The number of nitrogens with zero attached hydrogens (tertiary/aromatic N) is 8. The van der Waals surface area contributed by atoms with Crippen molar-refractivity contribution >= 4 is 101 Å². The van der Waals surface area contributed by atoms with Crippen molar-refractivity contribution in [1.82, 2.24) is 64.7 Å². The number of allylic oxidation sites excluding steroid dienone is 4. The number of carbonyl (C=O) groups is 10. The van der Waals surface area contributed by atoms with Gasteiger partial charge in [0.2, 0.25) is 61.3 Å². The van der Waals surface area contributed by atoms with Crippen LogP contribution in [-0.4, -0.2) is 216 Å². The Kier molecular flexibility index (Phi) is 32.5. The molecule has 8 heterocycles. The van der Waals surface area contributed by atoms with E-state index in [9.17, 15) is 69.9 Å². The van der Waals surface area contributed by atoms with Crippen LogP contribution in [0.15, 0.2) is 85.2 Å². The first-order chi connectivity index (χ1) is 58.6. The molecule has 4 saturated carbocycles. The zero-order valence-corrected chi connectivity index (χ0v) is 76.9. The zero-order valence-electron chi connectivity index (χ0n) is 72.5. The topological polar surface area (TPSA) is 473 Å². The van der Waals surface area contributed by atoms with E-state index in [2.05, 4.69) is 41.3 Å². The first-order valence-electron chi connectivity index (χ1n) is 42.2. The standard InChI is InChI=1S/C43H55N7O10S.C36H48N4O8S.C7H9N3O3.ClH.Na/c1-25(2)59-38-20-36(30-15-16-35(58-5)26(3)39(30)46-38)60-28-19-33-34(51)22-43(42(55)48-61(56,57)29-13-14-29)21-27(43)11-9-7-6-8-10-12-32(41(54)50(33)23-28)45-40(53)31-17-18-49(47-31)24-37(52)44-4;1-21(2)47-32-17-31(26-14-15-30(46-4)22(3)33(26)38-32)48-24-16-28-29(41)19-36(35(43)39-49(44,45)25-12-13-25)18-23(36)10-8-6-5-7-9-11-27(37)34(42)40(28)20-24;1-8-6(11)4-10-3-2-5(9-10)7(12)13;;/h9,11,15-18,20,25,27-29,32-33H,6-8,10,12-14,19,21-24H2,1-5H3,(H,44,52)(H,45,53)(H,48,55);8,10,14-15,17,21,23-25,27-28H,5-7,9,11-13,16,18-20,37H2,1-4H3,(H,39,43);2-3H,4H2,1H3,(H,8,11)(H,12,13);1H;/q;;;;+1/p-1/b11-9-;10-8-;;;/t27-,28-,32+,33+,43-;23-,24-,27+,28+,36-;;;/m11.../s1. The van der Waals surface area contributed by atoms with E-state index in [-0.39, 0.29) is 166 Å². The van der Waals surface area contributed by atoms with Crippen molar-refractivity contribution < 1.29 is 146 Å². The first kappa shape index (κ1) is 97.4. The maximum atomic E-state index is 14.9. The number of benzene rings is 2. The molecule has 125 heavy (non-hydrogen) atoms. The van der Waals surface area contributed by atoms with Crippen molar-refractivity contribution in [2.24, 2.45) is 22.7 Å². The van der Waals surface area contributed by atoms with E-state index in [1.807, 2.05) is 90.1 Å². The third-order valence-corrected chi connectivity index (χ3v) is 27.4. The number of methoxy groups -OCH3 is 2. The number of amides is 7. The van der Waals surface area contributed by atoms with Gasteiger partial charge in [-0.15, -0.1) is 0 Å². The van der Waals surface area contributed by atoms with Gasteiger partial charge in [0.15, 0.2) is 17.6 Å². The van der Waals surface area contributed by atoms with E-state index in [4.69, 9.17) is 38.4 Å². The van der Waals surface area contributed by atoms with Crippen molar-refractivity contribution in [2.45, 2.75) is 242 Å². The third kappa shape index (κ3) is 23.7. The summed E-state index contributed by atoms with van der Waals surface area (Å²) < 4.78 is 95.0. The number of quaternary nitrogens is 1. The summed E-state index contributed by atoms with van der Waals surface area (Å²) in [5.74, 6) is -2.93. The van der Waals surface area contributed by atoms with Crippen LogP contribution < -0.4 is 107 Å². The second kappa shape index (κ2) is 41.8. The second-order valence-corrected chi connectivity index (χ2v) is 37.6. The van der Waals surface area contributed by atoms with Crippen LogP contribution >= 0.6 is 0 Å². The smallest absolute Gasteiger partial charge is 1.00 e. The molecule has 2 aromatic carbocycles. The largest absolute Gasteiger partial charge is 1.00 e. The van der Waals surface area contributed by atoms with E-state index in [0.717, 1.165) is 55.0 Å². The van der Waals surface area contributed by atoms with Crippen molar-refractivity contribution in [2.75, 3.05) is 41.4 Å². The van der Waals surface area contributed by atoms with Gasteiger partial charge in [-0.25, -0.2) is 26.8 Å². The molecule has 0 radical (unpaired) electrons. The molecule has 672 valence electrons. The fourth-order valence-electron chi connectivity index (χ4n) is 16.4. The number of sulfonamides is 2. The van der Waals surface area contributed by atoms with Gasteiger partial charge in [-0.05, 0) is 167 Å². The number of likely N-dealkylation sites (N-methyl/N-ethyl adjacent to an activating group) is 2. The second-order valence-electron chi connectivity index (χ2n) is 33.6. The zero-order chi connectivity index (χ0) is 88.6. The number of aryl methyl sites for hydroxylation is 2. The molecule has 4 aliphatic heterocycles. The Morgan fingerprint density at radius 2 is 1.00 bits per heavy atom. The van der Waals surface area contributed by atoms with Crippen LogP contribution in [0.4, 0.5) is 0 Å². The minimum absolute atomic E-state index is 0. The summed E-state index contributed by atoms with van der Waals surface area (Å²) in [5, 5.41) is 26.1. The monoisotopic (exact) mass is 1800 g/mol. The number of fused-ring (bicyclic) bond motifs is 6. The summed E-state index contributed by atoms with van der Waals surface area (Å²) in [6.45, 7) is 11.4. The molecule has 4 aromatic heterocycles. The molecular weight excluding hydrogens is 1690 g/mol. The average molecular weight is 1800 g/mol. The van der Waals surface area contributed by atoms with Gasteiger partial charge < -0.3 is 82.2 Å². The number of halogens is 1. The molecule has 6 fully saturated rings. The van der Waals surface area contributed by atoms with Gasteiger partial charge in [-0.2, -0.15) is 10.2 Å². The van der Waals surface area contributed by atoms with Crippen LogP contribution in [0, 0.1) is 36.5 Å². The number of nitrogens with one attached hydrogen (secondary N) is 5. The number of ketones is 2. The summed E-state index contributed by atoms with van der Waals surface area (Å²) >= 11 is 0. The number of carboxylic acids is 1. The minimum Gasteiger partial charge on any atom is -1.00 e. The Morgan fingerprint density at radius 1 is 0.576 bits per heavy atom. The van der Waals surface area contributed by atoms with Crippen LogP contribution in [0.3, 0.4) is 0 Å². The molecule has 39 heteroatoms. The predicted octanol–water partition coefficient (Wildman–Crippen LogP) is -1.08. The first-order valence-corrected chi connectivity index (χ1v) is 45.3. The minimum atomic E-state index is -3.89. The number of aromatic nitrogens is 6. The Bertz CT molecular complexity index is 5330. The molecular formula is C86H112ClN14NaO21S2. The van der Waals surface area contributed by atoms with E-state index >= 15 is 0 Å². The normalized spacial score (nSPS) is 24.5. The molecule has 8 N–H and O–H groups in total. The van der Waals surface area contributed by atoms with E-state index < -0.39 is 113 Å². The van der Waals surface area contributed by atoms with Crippen LogP contribution in [-0.2, 0) is 71.5 Å². The molecule has 14 rings (SSSR count). The van der Waals surface area contributed by atoms with E-state index in [0.29, 0.717) is 103 Å². The number of aromatic carboxylic acids is 1. The number of rotatable bonds is 23. The molecule has 4 aliphatic carbocycles. The number of Topliss-reactive ketones (excluding diaryl/α,β-unsaturated/α-hetero) is 2. The quantitative estimate of drug-likeness (QED) is 0.0328. The fourth-order valence-corrected chi connectivity index (χ4v) is 19.2. The molecule has 8 aliphatic rings. The summed E-state index contributed by atoms with van der Waals surface area (Å²) in [6, 6.07) is 10.0. The third-order valence-electron chi connectivity index (χ3n) is 23.7. The Morgan fingerprint density at radius 3 is 1.41 bits per heavy atom. The number of pyridine rings is 2. The predicted molar refractivity (Wildman–Crippen MR) is 446 cm³/mol. The van der Waals surface area contributed by atoms with Crippen molar-refractivity contribution in [3.8, 4) is 34.8 Å². The van der Waals surface area contributed by atoms with Gasteiger partial charge in [0.05, 0.1) is 89.9 Å². The molecule has 7 amide bonds. The van der Waals surface area contributed by atoms with Crippen molar-refractivity contribution in [3.63, 3.8) is 0 Å². The number of carboxylic acid groups (broad SMARTS) is 1. The Hall–Kier alpha value is -9.79. The number of ether oxygens (including phenoxy) is 6. The Balaban J connectivity index is 0.000000228. The van der Waals surface area contributed by atoms with Crippen molar-refractivity contribution in [1.29, 1.82) is 0 Å². The van der Waals surface area contributed by atoms with Crippen LogP contribution in [0.5, 0.6) is 34.8 Å². The van der Waals surface area contributed by atoms with Crippen LogP contribution in [0.2, 0.25) is 0 Å². The van der Waals surface area contributed by atoms with Gasteiger partial charge in [-0.3, -0.25) is 62.0 Å². The Labute approximate surface area is 755 Å². The van der Waals surface area contributed by atoms with Crippen molar-refractivity contribution in [3.05, 3.63) is 108 Å². The van der Waals surface area contributed by atoms with E-state index in [1.165, 1.54) is 52.9 Å². The molecule has 35 nitrogen and oxygen atoms in total. The van der Waals surface area contributed by atoms with Gasteiger partial charge in [0.25, 0.3) is 11.8 Å². The maximum absolute atomic E-state index is 14.9. The molecule has 6 aromatic rings. The van der Waals surface area contributed by atoms with E-state index in [1.54, 1.807) is 31.3 Å². The SMILES string of the molecule is CNC(=O)Cn1ccc(C(=O)N[C@H]2CCCCC/C=C\[C@@H]3C[C@@]3(C(=O)NS(=O)(=O)C3CC3)CC(=O)[C@@H]3C[C@@H](Oc4cc(OC(C)C)nc5c(C)c(OC)ccc45)CN3C2=O)n1.CNC(=O)Cn1ccc(C(=O)[O-])n1.COc1ccc2c(O[C@@H]3C[C@H]4C(=O)C[C@]5(C(=O)NS(=O)(=O)C6CC6)C[C@H]5/C=C\CCCCC[C@H]([NH3+])C(=O)N4C3)cc(OC(C)C)nc2c1C.[Cl-].[Na+]. The number of carbonyl (C=O) groups excluding carboxylic acids is 10. The van der Waals surface area contributed by atoms with Gasteiger partial charge in [-0.1, -0.05) is 43.6 Å². The molecule has 10 atom stereocenters. The average Bonchev–Trinajstić information content (AvgIpc) is 1.57. The van der Waals surface area contributed by atoms with Gasteiger partial charge in [0, 0.05) is 92.6 Å². The summed E-state index contributed by atoms with van der Waals surface area (Å²) in [4.78, 5) is 145. The van der Waals surface area contributed by atoms with Crippen LogP contribution in [0.1, 0.15) is 188 Å². The summed E-state index contributed by atoms with van der Waals surface area (Å²) in [5.41, 5.74) is 4.37.